The number of hydrogen-bond donors (Lipinski definition) is 1. The summed E-state index contributed by atoms with van der Waals surface area (Å²) in [6.07, 6.45) is -0.108. The third-order valence-electron chi connectivity index (χ3n) is 3.45. The van der Waals surface area contributed by atoms with Gasteiger partial charge in [0.05, 0.1) is 7.11 Å². The Kier molecular flexibility index (Phi) is 5.70. The smallest absolute Gasteiger partial charge is 0.335 e. The Hall–Kier alpha value is -2.41. The molecule has 7 heteroatoms. The van der Waals surface area contributed by atoms with Gasteiger partial charge in [0.25, 0.3) is 0 Å². The monoisotopic (exact) mass is 318 g/mol. The van der Waals surface area contributed by atoms with E-state index in [4.69, 9.17) is 9.47 Å². The van der Waals surface area contributed by atoms with E-state index in [1.807, 2.05) is 38.2 Å². The summed E-state index contributed by atoms with van der Waals surface area (Å²) in [7, 11) is 4.99. The van der Waals surface area contributed by atoms with Crippen LogP contribution in [-0.2, 0) is 27.7 Å². The van der Waals surface area contributed by atoms with Gasteiger partial charge >= 0.3 is 5.97 Å². The van der Waals surface area contributed by atoms with E-state index >= 15 is 0 Å². The largest absolute Gasteiger partial charge is 0.467 e. The highest BCUT2D eigenvalue weighted by atomic mass is 16.6. The maximum absolute atomic E-state index is 11.7. The predicted octanol–water partition coefficient (Wildman–Crippen LogP) is 1.64. The normalized spacial score (nSPS) is 12.0. The zero-order valence-corrected chi connectivity index (χ0v) is 13.9. The maximum atomic E-state index is 11.7. The molecule has 0 spiro atoms. The van der Waals surface area contributed by atoms with Gasteiger partial charge < -0.3 is 14.8 Å². The lowest BCUT2D eigenvalue weighted by Gasteiger charge is -2.14. The molecule has 2 aromatic rings. The van der Waals surface area contributed by atoms with Gasteiger partial charge in [-0.1, -0.05) is 24.3 Å². The molecule has 0 amide bonds. The number of esters is 1. The maximum Gasteiger partial charge on any atom is 0.335 e. The summed E-state index contributed by atoms with van der Waals surface area (Å²) >= 11 is 0. The van der Waals surface area contributed by atoms with Crippen molar-refractivity contribution in [2.24, 2.45) is 7.05 Å². The van der Waals surface area contributed by atoms with Crippen LogP contribution in [-0.4, -0.2) is 47.6 Å². The first-order chi connectivity index (χ1) is 11.1. The van der Waals surface area contributed by atoms with Gasteiger partial charge in [0.2, 0.25) is 5.95 Å². The molecule has 0 saturated heterocycles. The molecule has 0 saturated carbocycles. The molecule has 1 aromatic heterocycles. The van der Waals surface area contributed by atoms with E-state index in [-0.39, 0.29) is 5.97 Å². The van der Waals surface area contributed by atoms with Gasteiger partial charge in [-0.15, -0.1) is 5.10 Å². The summed E-state index contributed by atoms with van der Waals surface area (Å²) in [6.45, 7) is 2.32. The molecule has 1 N–H and O–H groups in total. The fourth-order valence-electron chi connectivity index (χ4n) is 2.29. The molecule has 124 valence electrons. The first-order valence-electron chi connectivity index (χ1n) is 7.46. The van der Waals surface area contributed by atoms with E-state index < -0.39 is 6.10 Å². The minimum Gasteiger partial charge on any atom is -0.467 e. The zero-order chi connectivity index (χ0) is 16.8. The van der Waals surface area contributed by atoms with E-state index in [1.54, 1.807) is 11.7 Å². The van der Waals surface area contributed by atoms with Crippen LogP contribution in [0.15, 0.2) is 24.3 Å². The van der Waals surface area contributed by atoms with E-state index in [9.17, 15) is 4.79 Å². The van der Waals surface area contributed by atoms with Crippen LogP contribution in [0.4, 0.5) is 5.95 Å². The van der Waals surface area contributed by atoms with E-state index in [0.29, 0.717) is 19.0 Å². The van der Waals surface area contributed by atoms with Crippen LogP contribution in [0.2, 0.25) is 0 Å². The number of nitrogens with zero attached hydrogens (tertiary/aromatic N) is 3. The molecule has 7 nitrogen and oxygen atoms in total. The Labute approximate surface area is 135 Å². The SMILES string of the molecule is CCOC(Cc1ccc(-c2nc(NC)nn2C)cc1)C(=O)OC. The van der Waals surface area contributed by atoms with Crippen molar-refractivity contribution in [1.82, 2.24) is 14.8 Å². The number of nitrogens with one attached hydrogen (secondary N) is 1. The van der Waals surface area contributed by atoms with Crippen molar-refractivity contribution in [3.63, 3.8) is 0 Å². The van der Waals surface area contributed by atoms with Crippen LogP contribution in [0.5, 0.6) is 0 Å². The average Bonchev–Trinajstić information content (AvgIpc) is 2.95. The summed E-state index contributed by atoms with van der Waals surface area (Å²) in [6, 6.07) is 7.83. The Morgan fingerprint density at radius 3 is 2.57 bits per heavy atom. The highest BCUT2D eigenvalue weighted by molar-refractivity contribution is 5.75. The van der Waals surface area contributed by atoms with Crippen LogP contribution in [0, 0.1) is 0 Å². The van der Waals surface area contributed by atoms with Crippen molar-refractivity contribution >= 4 is 11.9 Å². The van der Waals surface area contributed by atoms with Gasteiger partial charge in [-0.2, -0.15) is 4.98 Å². The van der Waals surface area contributed by atoms with E-state index in [1.165, 1.54) is 7.11 Å². The minimum absolute atomic E-state index is 0.358. The van der Waals surface area contributed by atoms with Crippen molar-refractivity contribution in [1.29, 1.82) is 0 Å². The summed E-state index contributed by atoms with van der Waals surface area (Å²) in [5.74, 6) is 0.992. The Morgan fingerprint density at radius 2 is 2.04 bits per heavy atom. The number of carbonyl (C=O) groups excluding carboxylic acids is 1. The topological polar surface area (TPSA) is 78.3 Å². The fourth-order valence-corrected chi connectivity index (χ4v) is 2.29. The van der Waals surface area contributed by atoms with Crippen LogP contribution < -0.4 is 5.32 Å². The summed E-state index contributed by atoms with van der Waals surface area (Å²) in [4.78, 5) is 16.1. The number of hydrogen-bond acceptors (Lipinski definition) is 6. The van der Waals surface area contributed by atoms with Gasteiger partial charge in [0.1, 0.15) is 0 Å². The Bertz CT molecular complexity index is 652. The lowest BCUT2D eigenvalue weighted by atomic mass is 10.1. The molecule has 0 aliphatic rings. The summed E-state index contributed by atoms with van der Waals surface area (Å²) in [5.41, 5.74) is 1.95. The van der Waals surface area contributed by atoms with E-state index in [0.717, 1.165) is 17.0 Å². The van der Waals surface area contributed by atoms with Gasteiger partial charge in [-0.3, -0.25) is 0 Å². The van der Waals surface area contributed by atoms with Gasteiger partial charge in [-0.05, 0) is 12.5 Å². The molecule has 0 fully saturated rings. The predicted molar refractivity (Wildman–Crippen MR) is 87.1 cm³/mol. The first-order valence-corrected chi connectivity index (χ1v) is 7.46. The fraction of sp³-hybridized carbons (Fsp3) is 0.438. The molecule has 2 rings (SSSR count). The van der Waals surface area contributed by atoms with Crippen molar-refractivity contribution < 1.29 is 14.3 Å². The number of carbonyl (C=O) groups is 1. The van der Waals surface area contributed by atoms with Crippen LogP contribution in [0.25, 0.3) is 11.4 Å². The number of benzene rings is 1. The number of ether oxygens (including phenoxy) is 2. The molecule has 0 aliphatic heterocycles. The summed E-state index contributed by atoms with van der Waals surface area (Å²) in [5, 5.41) is 7.17. The van der Waals surface area contributed by atoms with Gasteiger partial charge in [-0.25, -0.2) is 9.48 Å². The van der Waals surface area contributed by atoms with Crippen molar-refractivity contribution in [3.05, 3.63) is 29.8 Å². The number of anilines is 1. The standard InChI is InChI=1S/C16H22N4O3/c1-5-23-13(15(21)22-4)10-11-6-8-12(9-7-11)14-18-16(17-2)19-20(14)3/h6-9,13H,5,10H2,1-4H3,(H,17,19). The van der Waals surface area contributed by atoms with Crippen LogP contribution >= 0.6 is 0 Å². The van der Waals surface area contributed by atoms with Crippen molar-refractivity contribution in [2.75, 3.05) is 26.1 Å². The molecule has 1 aromatic carbocycles. The number of rotatable bonds is 7. The summed E-state index contributed by atoms with van der Waals surface area (Å²) < 4.78 is 11.9. The Balaban J connectivity index is 2.15. The van der Waals surface area contributed by atoms with E-state index in [2.05, 4.69) is 15.4 Å². The lowest BCUT2D eigenvalue weighted by Crippen LogP contribution is -2.28. The number of aryl methyl sites for hydroxylation is 1. The second-order valence-electron chi connectivity index (χ2n) is 5.00. The second-order valence-corrected chi connectivity index (χ2v) is 5.00. The Morgan fingerprint density at radius 1 is 1.35 bits per heavy atom. The molecule has 1 atom stereocenters. The van der Waals surface area contributed by atoms with Gasteiger partial charge in [0.15, 0.2) is 11.9 Å². The minimum atomic E-state index is -0.582. The van der Waals surface area contributed by atoms with Crippen LogP contribution in [0.1, 0.15) is 12.5 Å². The first kappa shape index (κ1) is 17.0. The quantitative estimate of drug-likeness (QED) is 0.782. The average molecular weight is 318 g/mol. The second kappa shape index (κ2) is 7.73. The third kappa shape index (κ3) is 4.07. The molecule has 23 heavy (non-hydrogen) atoms. The molecule has 1 heterocycles. The molecular weight excluding hydrogens is 296 g/mol. The highest BCUT2D eigenvalue weighted by Gasteiger charge is 2.20. The van der Waals surface area contributed by atoms with Crippen LogP contribution in [0.3, 0.4) is 0 Å². The highest BCUT2D eigenvalue weighted by Crippen LogP contribution is 2.19. The molecule has 0 radical (unpaired) electrons. The van der Waals surface area contributed by atoms with Gasteiger partial charge in [0, 0.05) is 32.7 Å². The lowest BCUT2D eigenvalue weighted by molar-refractivity contribution is -0.153. The number of aromatic nitrogens is 3. The zero-order valence-electron chi connectivity index (χ0n) is 13.9. The molecule has 0 bridgehead atoms. The molecule has 0 aliphatic carbocycles. The van der Waals surface area contributed by atoms with Crippen molar-refractivity contribution in [3.8, 4) is 11.4 Å². The number of methoxy groups -OCH3 is 1. The molecular formula is C16H22N4O3. The van der Waals surface area contributed by atoms with Crippen molar-refractivity contribution in [2.45, 2.75) is 19.4 Å². The third-order valence-corrected chi connectivity index (χ3v) is 3.45. The molecule has 1 unspecified atom stereocenters.